The Labute approximate surface area is 121 Å². The predicted molar refractivity (Wildman–Crippen MR) is 76.3 cm³/mol. The molecule has 0 radical (unpaired) electrons. The lowest BCUT2D eigenvalue weighted by Crippen LogP contribution is -2.14. The molecule has 1 atom stereocenters. The van der Waals surface area contributed by atoms with Crippen LogP contribution >= 0.6 is 23.2 Å². The Morgan fingerprint density at radius 2 is 1.68 bits per heavy atom. The van der Waals surface area contributed by atoms with Crippen molar-refractivity contribution >= 4 is 23.2 Å². The van der Waals surface area contributed by atoms with E-state index in [1.165, 1.54) is 12.1 Å². The Bertz CT molecular complexity index is 555. The van der Waals surface area contributed by atoms with E-state index in [-0.39, 0.29) is 5.82 Å². The summed E-state index contributed by atoms with van der Waals surface area (Å²) < 4.78 is 12.8. The van der Waals surface area contributed by atoms with Crippen molar-refractivity contribution in [2.24, 2.45) is 0 Å². The van der Waals surface area contributed by atoms with Crippen LogP contribution in [0.3, 0.4) is 0 Å². The van der Waals surface area contributed by atoms with Crippen molar-refractivity contribution in [3.63, 3.8) is 0 Å². The van der Waals surface area contributed by atoms with Gasteiger partial charge in [-0.25, -0.2) is 4.39 Å². The van der Waals surface area contributed by atoms with Crippen LogP contribution in [0.2, 0.25) is 10.0 Å². The Morgan fingerprint density at radius 3 is 2.32 bits per heavy atom. The number of halogens is 3. The molecule has 0 aliphatic heterocycles. The van der Waals surface area contributed by atoms with Gasteiger partial charge in [-0.15, -0.1) is 0 Å². The van der Waals surface area contributed by atoms with Crippen molar-refractivity contribution < 1.29 is 9.50 Å². The van der Waals surface area contributed by atoms with Crippen LogP contribution in [0.4, 0.5) is 4.39 Å². The van der Waals surface area contributed by atoms with Crippen molar-refractivity contribution in [2.45, 2.75) is 18.9 Å². The molecular formula is C15H13Cl2FO. The summed E-state index contributed by atoms with van der Waals surface area (Å²) in [6, 6.07) is 11.3. The number of aliphatic hydroxyl groups is 1. The zero-order valence-corrected chi connectivity index (χ0v) is 11.6. The predicted octanol–water partition coefficient (Wildman–Crippen LogP) is 4.28. The molecule has 0 fully saturated rings. The van der Waals surface area contributed by atoms with Gasteiger partial charge in [0.05, 0.1) is 6.10 Å². The van der Waals surface area contributed by atoms with Gasteiger partial charge in [-0.1, -0.05) is 41.4 Å². The van der Waals surface area contributed by atoms with Gasteiger partial charge in [0, 0.05) is 16.5 Å². The maximum atomic E-state index is 12.8. The maximum Gasteiger partial charge on any atom is 0.123 e. The van der Waals surface area contributed by atoms with E-state index in [0.717, 1.165) is 11.1 Å². The summed E-state index contributed by atoms with van der Waals surface area (Å²) in [5, 5.41) is 11.2. The summed E-state index contributed by atoms with van der Waals surface area (Å²) in [6.07, 6.45) is 0.330. The summed E-state index contributed by atoms with van der Waals surface area (Å²) >= 11 is 11.9. The molecule has 0 saturated carbocycles. The van der Waals surface area contributed by atoms with Gasteiger partial charge in [0.15, 0.2) is 0 Å². The quantitative estimate of drug-likeness (QED) is 0.893. The van der Waals surface area contributed by atoms with Gasteiger partial charge in [0.2, 0.25) is 0 Å². The molecule has 2 aromatic rings. The van der Waals surface area contributed by atoms with E-state index >= 15 is 0 Å². The first kappa shape index (κ1) is 14.3. The van der Waals surface area contributed by atoms with Crippen molar-refractivity contribution in [3.8, 4) is 0 Å². The second-order valence-electron chi connectivity index (χ2n) is 4.42. The third-order valence-electron chi connectivity index (χ3n) is 2.86. The van der Waals surface area contributed by atoms with Crippen LogP contribution in [0.15, 0.2) is 42.5 Å². The van der Waals surface area contributed by atoms with Crippen LogP contribution in [0.1, 0.15) is 11.1 Å². The summed E-state index contributed by atoms with van der Waals surface area (Å²) in [7, 11) is 0. The Balaban J connectivity index is 2.01. The first-order valence-electron chi connectivity index (χ1n) is 5.91. The highest BCUT2D eigenvalue weighted by atomic mass is 35.5. The van der Waals surface area contributed by atoms with E-state index in [2.05, 4.69) is 0 Å². The average molecular weight is 299 g/mol. The molecule has 2 aromatic carbocycles. The number of aliphatic hydroxyl groups excluding tert-OH is 1. The number of hydrogen-bond donors (Lipinski definition) is 1. The fraction of sp³-hybridized carbons (Fsp3) is 0.200. The first-order valence-corrected chi connectivity index (χ1v) is 6.66. The van der Waals surface area contributed by atoms with Gasteiger partial charge < -0.3 is 5.11 Å². The molecule has 1 unspecified atom stereocenters. The highest BCUT2D eigenvalue weighted by Gasteiger charge is 2.10. The largest absolute Gasteiger partial charge is 0.392 e. The normalized spacial score (nSPS) is 12.4. The molecular weight excluding hydrogens is 286 g/mol. The Morgan fingerprint density at radius 1 is 1.00 bits per heavy atom. The molecule has 0 saturated heterocycles. The van der Waals surface area contributed by atoms with E-state index in [4.69, 9.17) is 23.2 Å². The summed E-state index contributed by atoms with van der Waals surface area (Å²) in [4.78, 5) is 0. The minimum atomic E-state index is -0.566. The molecule has 2 rings (SSSR count). The second kappa shape index (κ2) is 6.38. The standard InChI is InChI=1S/C15H13Cl2FO/c16-12-4-3-11(15(17)9-12)8-14(19)7-10-1-5-13(18)6-2-10/h1-6,9,14,19H,7-8H2. The van der Waals surface area contributed by atoms with Gasteiger partial charge in [-0.2, -0.15) is 0 Å². The molecule has 0 bridgehead atoms. The van der Waals surface area contributed by atoms with Crippen LogP contribution in [0.5, 0.6) is 0 Å². The van der Waals surface area contributed by atoms with Gasteiger partial charge >= 0.3 is 0 Å². The van der Waals surface area contributed by atoms with Gasteiger partial charge in [0.1, 0.15) is 5.82 Å². The van der Waals surface area contributed by atoms with Crippen LogP contribution in [0, 0.1) is 5.82 Å². The van der Waals surface area contributed by atoms with Crippen LogP contribution in [-0.2, 0) is 12.8 Å². The third-order valence-corrected chi connectivity index (χ3v) is 3.44. The van der Waals surface area contributed by atoms with E-state index in [0.29, 0.717) is 22.9 Å². The molecule has 0 aromatic heterocycles. The third kappa shape index (κ3) is 4.20. The zero-order valence-electron chi connectivity index (χ0n) is 10.1. The lowest BCUT2D eigenvalue weighted by atomic mass is 10.0. The molecule has 19 heavy (non-hydrogen) atoms. The summed E-state index contributed by atoms with van der Waals surface area (Å²) in [6.45, 7) is 0. The SMILES string of the molecule is OC(Cc1ccc(F)cc1)Cc1ccc(Cl)cc1Cl. The zero-order chi connectivity index (χ0) is 13.8. The van der Waals surface area contributed by atoms with E-state index in [1.54, 1.807) is 30.3 Å². The van der Waals surface area contributed by atoms with Crippen LogP contribution in [-0.4, -0.2) is 11.2 Å². The highest BCUT2D eigenvalue weighted by Crippen LogP contribution is 2.22. The van der Waals surface area contributed by atoms with E-state index < -0.39 is 6.10 Å². The van der Waals surface area contributed by atoms with E-state index in [9.17, 15) is 9.50 Å². The Hall–Kier alpha value is -1.09. The fourth-order valence-corrected chi connectivity index (χ4v) is 2.39. The van der Waals surface area contributed by atoms with Crippen molar-refractivity contribution in [2.75, 3.05) is 0 Å². The van der Waals surface area contributed by atoms with Crippen LogP contribution in [0.25, 0.3) is 0 Å². The second-order valence-corrected chi connectivity index (χ2v) is 5.27. The summed E-state index contributed by atoms with van der Waals surface area (Å²) in [5.74, 6) is -0.279. The molecule has 1 N–H and O–H groups in total. The number of hydrogen-bond acceptors (Lipinski definition) is 1. The minimum Gasteiger partial charge on any atom is -0.392 e. The molecule has 4 heteroatoms. The molecule has 1 nitrogen and oxygen atoms in total. The molecule has 0 heterocycles. The lowest BCUT2D eigenvalue weighted by molar-refractivity contribution is 0.175. The van der Waals surface area contributed by atoms with Crippen molar-refractivity contribution in [3.05, 3.63) is 69.5 Å². The monoisotopic (exact) mass is 298 g/mol. The smallest absolute Gasteiger partial charge is 0.123 e. The summed E-state index contributed by atoms with van der Waals surface area (Å²) in [5.41, 5.74) is 1.74. The fourth-order valence-electron chi connectivity index (χ4n) is 1.91. The van der Waals surface area contributed by atoms with Gasteiger partial charge in [-0.05, 0) is 41.8 Å². The number of benzene rings is 2. The number of rotatable bonds is 4. The van der Waals surface area contributed by atoms with E-state index in [1.807, 2.05) is 0 Å². The maximum absolute atomic E-state index is 12.8. The molecule has 0 amide bonds. The van der Waals surface area contributed by atoms with Crippen LogP contribution < -0.4 is 0 Å². The molecule has 0 aliphatic carbocycles. The molecule has 0 aliphatic rings. The highest BCUT2D eigenvalue weighted by molar-refractivity contribution is 6.35. The van der Waals surface area contributed by atoms with Gasteiger partial charge in [0.25, 0.3) is 0 Å². The lowest BCUT2D eigenvalue weighted by Gasteiger charge is -2.12. The Kier molecular flexibility index (Phi) is 4.81. The van der Waals surface area contributed by atoms with Crippen molar-refractivity contribution in [1.82, 2.24) is 0 Å². The first-order chi connectivity index (χ1) is 9.04. The topological polar surface area (TPSA) is 20.2 Å². The molecule has 0 spiro atoms. The average Bonchev–Trinajstić information content (AvgIpc) is 2.36. The van der Waals surface area contributed by atoms with Crippen molar-refractivity contribution in [1.29, 1.82) is 0 Å². The minimum absolute atomic E-state index is 0.279. The van der Waals surface area contributed by atoms with Gasteiger partial charge in [-0.3, -0.25) is 0 Å². The molecule has 100 valence electrons.